The minimum absolute atomic E-state index is 0.0199. The number of esters is 2. The number of aliphatic hydroxyl groups is 1. The molecular weight excluding hydrogens is 886 g/mol. The van der Waals surface area contributed by atoms with Crippen LogP contribution in [0.5, 0.6) is 11.5 Å². The molecule has 1 amide bonds. The van der Waals surface area contributed by atoms with Gasteiger partial charge in [0.25, 0.3) is 0 Å². The van der Waals surface area contributed by atoms with Crippen LogP contribution in [0.3, 0.4) is 0 Å². The molecule has 3 aromatic carbocycles. The standard InChI is InChI=1S/C45H62N3O15PS/c1-7-56-42(50)31(6)62-64(53,63-35-11-9-8-10-12-35)28-60-34-17-13-32(14-18-34)23-38(47-45(52)61-40-27-59-44-37(40)21-22-57-44)39(49)25-48(24-29(2)3)65(54,55)36-19-15-33(16-20-36)26-58-43(51)41(46)30(4)5/h8-20,29-31,37-41,44,49H,7,21-28,46H2,1-6H3,(H,47,52)/t31-,37-,38-,39+,40-,41+,44+,64?/m0/s1. The average molecular weight is 948 g/mol. The number of rotatable bonds is 24. The third kappa shape index (κ3) is 15.0. The predicted molar refractivity (Wildman–Crippen MR) is 237 cm³/mol. The van der Waals surface area contributed by atoms with Crippen molar-refractivity contribution in [2.45, 2.75) is 103 Å². The lowest BCUT2D eigenvalue weighted by Gasteiger charge is -2.31. The van der Waals surface area contributed by atoms with E-state index in [1.807, 2.05) is 13.8 Å². The van der Waals surface area contributed by atoms with Crippen molar-refractivity contribution in [3.8, 4) is 11.5 Å². The Balaban J connectivity index is 1.32. The fraction of sp³-hybridized carbons (Fsp3) is 0.533. The molecule has 0 spiro atoms. The summed E-state index contributed by atoms with van der Waals surface area (Å²) < 4.78 is 87.9. The smallest absolute Gasteiger partial charge is 0.417 e. The van der Waals surface area contributed by atoms with E-state index in [0.717, 1.165) is 0 Å². The van der Waals surface area contributed by atoms with Crippen LogP contribution >= 0.6 is 7.60 Å². The van der Waals surface area contributed by atoms with Crippen molar-refractivity contribution in [1.82, 2.24) is 9.62 Å². The molecule has 8 atom stereocenters. The van der Waals surface area contributed by atoms with Crippen molar-refractivity contribution in [2.24, 2.45) is 23.5 Å². The summed E-state index contributed by atoms with van der Waals surface area (Å²) in [6, 6.07) is 18.8. The summed E-state index contributed by atoms with van der Waals surface area (Å²) in [4.78, 5) is 38.1. The molecule has 0 saturated carbocycles. The van der Waals surface area contributed by atoms with Gasteiger partial charge in [0.2, 0.25) is 16.4 Å². The zero-order valence-corrected chi connectivity index (χ0v) is 39.3. The van der Waals surface area contributed by atoms with Gasteiger partial charge in [0.05, 0.1) is 42.8 Å². The maximum Gasteiger partial charge on any atom is 0.417 e. The predicted octanol–water partition coefficient (Wildman–Crippen LogP) is 5.40. The van der Waals surface area contributed by atoms with Gasteiger partial charge in [0, 0.05) is 13.1 Å². The van der Waals surface area contributed by atoms with Gasteiger partial charge in [-0.25, -0.2) is 22.6 Å². The highest BCUT2D eigenvalue weighted by Crippen LogP contribution is 2.49. The van der Waals surface area contributed by atoms with Crippen LogP contribution in [0, 0.1) is 17.8 Å². The SMILES string of the molecule is CCOC(=O)[C@H](C)OP(=O)(COc1ccc(C[C@H](NC(=O)O[C@H]2CO[C@H]3OCC[C@H]32)[C@H](O)CN(CC(C)C)S(=O)(=O)c2ccc(COC(=O)[C@H](N)C(C)C)cc2)cc1)Oc1ccccc1. The molecule has 5 rings (SSSR count). The lowest BCUT2D eigenvalue weighted by Crippen LogP contribution is -2.51. The van der Waals surface area contributed by atoms with Gasteiger partial charge in [-0.3, -0.25) is 9.32 Å². The molecule has 0 aromatic heterocycles. The molecular formula is C45H62N3O15PS. The Hall–Kier alpha value is -4.59. The third-order valence-electron chi connectivity index (χ3n) is 10.6. The number of nitrogens with one attached hydrogen (secondary N) is 1. The first-order chi connectivity index (χ1) is 30.9. The summed E-state index contributed by atoms with van der Waals surface area (Å²) in [5.74, 6) is -1.21. The van der Waals surface area contributed by atoms with Gasteiger partial charge in [0.1, 0.15) is 30.3 Å². The van der Waals surface area contributed by atoms with Crippen LogP contribution in [-0.2, 0) is 65.4 Å². The number of carbonyl (C=O) groups is 3. The molecule has 65 heavy (non-hydrogen) atoms. The molecule has 2 aliphatic rings. The van der Waals surface area contributed by atoms with E-state index in [-0.39, 0.29) is 66.9 Å². The summed E-state index contributed by atoms with van der Waals surface area (Å²) in [5, 5.41) is 14.6. The second-order valence-corrected chi connectivity index (χ2v) is 20.5. The quantitative estimate of drug-likeness (QED) is 0.0579. The normalized spacial score (nSPS) is 20.0. The third-order valence-corrected chi connectivity index (χ3v) is 14.0. The van der Waals surface area contributed by atoms with Crippen LogP contribution in [0.15, 0.2) is 83.8 Å². The van der Waals surface area contributed by atoms with Crippen molar-refractivity contribution in [3.05, 3.63) is 90.0 Å². The number of hydrogen-bond donors (Lipinski definition) is 3. The number of alkyl carbamates (subject to hydrolysis) is 1. The molecule has 4 N–H and O–H groups in total. The number of nitrogens with zero attached hydrogens (tertiary/aromatic N) is 1. The van der Waals surface area contributed by atoms with Crippen LogP contribution in [0.4, 0.5) is 4.79 Å². The number of nitrogens with two attached hydrogens (primary N) is 1. The van der Waals surface area contributed by atoms with Crippen LogP contribution < -0.4 is 20.3 Å². The van der Waals surface area contributed by atoms with E-state index in [2.05, 4.69) is 5.32 Å². The van der Waals surface area contributed by atoms with E-state index < -0.39 is 85.2 Å². The van der Waals surface area contributed by atoms with Gasteiger partial charge in [-0.15, -0.1) is 0 Å². The maximum absolute atomic E-state index is 14.2. The Morgan fingerprint density at radius 3 is 2.22 bits per heavy atom. The number of aliphatic hydroxyl groups excluding tert-OH is 1. The Kier molecular flexibility index (Phi) is 18.8. The first-order valence-electron chi connectivity index (χ1n) is 21.7. The lowest BCUT2D eigenvalue weighted by atomic mass is 10.0. The number of carbonyl (C=O) groups excluding carboxylic acids is 3. The van der Waals surface area contributed by atoms with Crippen LogP contribution in [0.1, 0.15) is 59.1 Å². The molecule has 18 nitrogen and oxygen atoms in total. The number of fused-ring (bicyclic) bond motifs is 1. The Morgan fingerprint density at radius 2 is 1.57 bits per heavy atom. The fourth-order valence-electron chi connectivity index (χ4n) is 6.99. The Bertz CT molecular complexity index is 2160. The summed E-state index contributed by atoms with van der Waals surface area (Å²) in [5.41, 5.74) is 7.05. The molecule has 358 valence electrons. The summed E-state index contributed by atoms with van der Waals surface area (Å²) in [7, 11) is -8.31. The summed E-state index contributed by atoms with van der Waals surface area (Å²) >= 11 is 0. The fourth-order valence-corrected chi connectivity index (χ4v) is 10.1. The highest BCUT2D eigenvalue weighted by Gasteiger charge is 2.44. The molecule has 3 aromatic rings. The lowest BCUT2D eigenvalue weighted by molar-refractivity contribution is -0.151. The first kappa shape index (κ1) is 51.4. The van der Waals surface area contributed by atoms with E-state index >= 15 is 0 Å². The van der Waals surface area contributed by atoms with Gasteiger partial charge < -0.3 is 49.1 Å². The van der Waals surface area contributed by atoms with Crippen molar-refractivity contribution < 1.29 is 69.9 Å². The number of benzene rings is 3. The molecule has 20 heteroatoms. The largest absolute Gasteiger partial charge is 0.480 e. The molecule has 2 fully saturated rings. The van der Waals surface area contributed by atoms with E-state index in [9.17, 15) is 32.5 Å². The maximum atomic E-state index is 14.2. The minimum atomic E-state index is -4.20. The van der Waals surface area contributed by atoms with Crippen LogP contribution in [0.2, 0.25) is 0 Å². The Labute approximate surface area is 380 Å². The van der Waals surface area contributed by atoms with Crippen LogP contribution in [-0.4, -0.2) is 112 Å². The average Bonchev–Trinajstić information content (AvgIpc) is 3.90. The topological polar surface area (TPSA) is 238 Å². The van der Waals surface area contributed by atoms with Gasteiger partial charge in [0.15, 0.2) is 12.4 Å². The molecule has 2 saturated heterocycles. The van der Waals surface area contributed by atoms with Gasteiger partial charge in [-0.2, -0.15) is 4.31 Å². The molecule has 0 aliphatic carbocycles. The number of amides is 1. The van der Waals surface area contributed by atoms with E-state index in [1.54, 1.807) is 75.4 Å². The van der Waals surface area contributed by atoms with Crippen LogP contribution in [0.25, 0.3) is 0 Å². The number of sulfonamides is 1. The first-order valence-corrected chi connectivity index (χ1v) is 24.8. The second kappa shape index (κ2) is 23.7. The highest BCUT2D eigenvalue weighted by atomic mass is 32.2. The molecule has 2 aliphatic heterocycles. The number of para-hydroxylation sites is 1. The van der Waals surface area contributed by atoms with Crippen molar-refractivity contribution in [3.63, 3.8) is 0 Å². The highest BCUT2D eigenvalue weighted by molar-refractivity contribution is 7.89. The minimum Gasteiger partial charge on any atom is -0.480 e. The van der Waals surface area contributed by atoms with Crippen molar-refractivity contribution in [2.75, 3.05) is 39.3 Å². The van der Waals surface area contributed by atoms with E-state index in [1.165, 1.54) is 35.5 Å². The summed E-state index contributed by atoms with van der Waals surface area (Å²) in [6.45, 7) is 10.6. The summed E-state index contributed by atoms with van der Waals surface area (Å²) in [6.07, 6.45) is -4.46. The van der Waals surface area contributed by atoms with Crippen molar-refractivity contribution >= 4 is 35.7 Å². The van der Waals surface area contributed by atoms with Crippen molar-refractivity contribution in [1.29, 1.82) is 0 Å². The molecule has 2 heterocycles. The van der Waals surface area contributed by atoms with Gasteiger partial charge in [-0.1, -0.05) is 70.2 Å². The van der Waals surface area contributed by atoms with E-state index in [4.69, 9.17) is 43.2 Å². The van der Waals surface area contributed by atoms with Gasteiger partial charge >= 0.3 is 25.6 Å². The number of ether oxygens (including phenoxy) is 6. The zero-order valence-electron chi connectivity index (χ0n) is 37.6. The molecule has 1 unspecified atom stereocenters. The molecule has 0 bridgehead atoms. The molecule has 0 radical (unpaired) electrons. The van der Waals surface area contributed by atoms with Gasteiger partial charge in [-0.05, 0) is 86.1 Å². The second-order valence-electron chi connectivity index (χ2n) is 16.7. The Morgan fingerprint density at radius 1 is 0.892 bits per heavy atom. The monoisotopic (exact) mass is 947 g/mol. The van der Waals surface area contributed by atoms with E-state index in [0.29, 0.717) is 24.2 Å². The zero-order chi connectivity index (χ0) is 47.3. The number of hydrogen-bond acceptors (Lipinski definition) is 16.